The Balaban J connectivity index is 0.000000156. The monoisotopic (exact) mass is 1500 g/mol. The van der Waals surface area contributed by atoms with Gasteiger partial charge in [0.05, 0.1) is 38.8 Å². The molecular weight excluding hydrogens is 1410 g/mol. The van der Waals surface area contributed by atoms with Crippen LogP contribution in [0.2, 0.25) is 0 Å². The van der Waals surface area contributed by atoms with E-state index < -0.39 is 162 Å². The SMILES string of the molecule is C=C(C)C(=O)OCCOC(=O)COC1C2CC3C1OS(=O)(=O)C3C2.C=CC(=O)OCCOC(=O)COC1(C)C2(C)CC3C(C2C)C1(C)OS3(=O)=O.C=CC(=O)OCCOC(=O)COC1(C)C2CC3C1OS(=O)(=O)C3C2.C=CC(=O)OCCOC(=O)COC1C2OS(=O)(=O)C3CC1C(C)(C)C23. The van der Waals surface area contributed by atoms with E-state index in [0.717, 1.165) is 31.1 Å². The zero-order valence-electron chi connectivity index (χ0n) is 56.8. The van der Waals surface area contributed by atoms with Crippen molar-refractivity contribution in [2.45, 2.75) is 162 Å². The molecule has 560 valence electrons. The lowest BCUT2D eigenvalue weighted by atomic mass is 9.66. The zero-order valence-corrected chi connectivity index (χ0v) is 60.1. The van der Waals surface area contributed by atoms with Crippen molar-refractivity contribution in [3.8, 4) is 0 Å². The number of esters is 8. The number of carbonyl (C=O) groups excluding carboxylic acids is 8. The normalized spacial score (nSPS) is 38.3. The maximum atomic E-state index is 12.4. The summed E-state index contributed by atoms with van der Waals surface area (Å²) in [7, 11) is -14.2. The molecule has 0 radical (unpaired) electrons. The molecule has 36 heteroatoms. The summed E-state index contributed by atoms with van der Waals surface area (Å²) < 4.78 is 179. The first kappa shape index (κ1) is 78.3. The van der Waals surface area contributed by atoms with Gasteiger partial charge in [-0.3, -0.25) is 16.7 Å². The predicted molar refractivity (Wildman–Crippen MR) is 339 cm³/mol. The van der Waals surface area contributed by atoms with Crippen LogP contribution in [0.3, 0.4) is 0 Å². The summed E-state index contributed by atoms with van der Waals surface area (Å²) in [6.45, 7) is 26.3. The first-order valence-electron chi connectivity index (χ1n) is 32.7. The molecule has 21 atom stereocenters. The Morgan fingerprint density at radius 1 is 0.490 bits per heavy atom. The number of rotatable bonds is 28. The number of fused-ring (bicyclic) bond motifs is 4. The van der Waals surface area contributed by atoms with Gasteiger partial charge in [-0.2, -0.15) is 33.7 Å². The summed E-state index contributed by atoms with van der Waals surface area (Å²) in [5, 5.41) is -1.84. The molecule has 8 bridgehead atoms. The summed E-state index contributed by atoms with van der Waals surface area (Å²) in [4.78, 5) is 90.9. The van der Waals surface area contributed by atoms with Gasteiger partial charge in [-0.25, -0.2) is 38.4 Å². The van der Waals surface area contributed by atoms with Crippen LogP contribution in [-0.2, 0) is 152 Å². The molecule has 32 nitrogen and oxygen atoms in total. The number of hydrogen-bond acceptors (Lipinski definition) is 32. The molecule has 12 rings (SSSR count). The summed E-state index contributed by atoms with van der Waals surface area (Å²) in [6.07, 6.45) is 4.13. The summed E-state index contributed by atoms with van der Waals surface area (Å²) >= 11 is 0. The van der Waals surface area contributed by atoms with Gasteiger partial charge in [-0.05, 0) is 95.3 Å². The third-order valence-corrected chi connectivity index (χ3v) is 29.6. The standard InChI is InChI=1S/C18H26O8S.C16H22O8S.2C15H20O8S/c1-6-13(19)23-7-8-24-14(20)10-25-18(5)16(3)9-12-15(11(16)2)17(18,4)26-27(12,21)22;1-4-11(17)21-5-6-22-12(18)8-23-14-9-7-10-13(16(9,2)3)15(14)24-25(10,19)20;1-8(2)15(17)21-4-3-20-12(16)7-22-13-9-5-10-11(6-9)24(18,19)23-14(10)13;1-3-12(16)20-4-5-21-13(17)8-22-15(2)9-6-10-11(7-9)24(18,19)23-14(10)15/h6,11-12,15H,1,7-10H2,2-5H3;4,9-10,13-15H,1,5-8H2,2-3H3;9-11,13-14H,1,3-7H2,2H3;3,9-11,14H,1,4-8H2,2H3. The van der Waals surface area contributed by atoms with Crippen LogP contribution >= 0.6 is 0 Å². The molecule has 12 fully saturated rings. The van der Waals surface area contributed by atoms with Crippen LogP contribution in [0.4, 0.5) is 0 Å². The predicted octanol–water partition coefficient (Wildman–Crippen LogP) is 1.96. The second-order valence-electron chi connectivity index (χ2n) is 28.1. The van der Waals surface area contributed by atoms with Crippen LogP contribution in [0.1, 0.15) is 93.9 Å². The van der Waals surface area contributed by atoms with Crippen LogP contribution in [0, 0.1) is 58.2 Å². The minimum absolute atomic E-state index is 0.0196. The Morgan fingerprint density at radius 2 is 0.950 bits per heavy atom. The van der Waals surface area contributed by atoms with Crippen molar-refractivity contribution in [3.63, 3.8) is 0 Å². The first-order valence-corrected chi connectivity index (χ1v) is 38.6. The van der Waals surface area contributed by atoms with Gasteiger partial charge in [-0.15, -0.1) is 0 Å². The van der Waals surface area contributed by atoms with E-state index in [2.05, 4.69) is 35.8 Å². The lowest BCUT2D eigenvalue weighted by molar-refractivity contribution is -0.202. The number of ether oxygens (including phenoxy) is 12. The van der Waals surface area contributed by atoms with E-state index in [9.17, 15) is 72.0 Å². The van der Waals surface area contributed by atoms with Gasteiger partial charge in [-0.1, -0.05) is 54.0 Å². The second kappa shape index (κ2) is 29.7. The molecule has 12 aliphatic rings. The van der Waals surface area contributed by atoms with Crippen LogP contribution in [0.5, 0.6) is 0 Å². The van der Waals surface area contributed by atoms with Gasteiger partial charge in [0, 0.05) is 52.9 Å². The van der Waals surface area contributed by atoms with E-state index in [1.165, 1.54) is 6.92 Å². The molecule has 4 aliphatic heterocycles. The fraction of sp³-hybridized carbons (Fsp3) is 0.750. The Kier molecular flexibility index (Phi) is 23.3. The quantitative estimate of drug-likeness (QED) is 0.0355. The molecule has 0 amide bonds. The van der Waals surface area contributed by atoms with E-state index in [-0.39, 0.29) is 138 Å². The maximum Gasteiger partial charge on any atom is 0.333 e. The lowest BCUT2D eigenvalue weighted by Gasteiger charge is -2.48. The molecule has 8 aliphatic carbocycles. The van der Waals surface area contributed by atoms with Gasteiger partial charge in [0.2, 0.25) is 0 Å². The van der Waals surface area contributed by atoms with Crippen LogP contribution < -0.4 is 0 Å². The Hall–Kier alpha value is -5.80. The highest BCUT2D eigenvalue weighted by Gasteiger charge is 2.83. The summed E-state index contributed by atoms with van der Waals surface area (Å²) in [5.74, 6) is -4.87. The Labute approximate surface area is 580 Å². The molecule has 0 aromatic carbocycles. The fourth-order valence-corrected chi connectivity index (χ4v) is 25.7. The average Bonchev–Trinajstić information content (AvgIpc) is 1.48. The Bertz CT molecular complexity index is 3720. The van der Waals surface area contributed by atoms with Crippen molar-refractivity contribution in [1.82, 2.24) is 0 Å². The molecule has 4 heterocycles. The van der Waals surface area contributed by atoms with Gasteiger partial charge in [0.15, 0.2) is 0 Å². The van der Waals surface area contributed by atoms with E-state index in [1.54, 1.807) is 13.8 Å². The third-order valence-electron chi connectivity index (χ3n) is 22.6. The minimum atomic E-state index is -3.65. The van der Waals surface area contributed by atoms with Crippen LogP contribution in [-0.4, -0.2) is 229 Å². The van der Waals surface area contributed by atoms with Gasteiger partial charge >= 0.3 is 47.8 Å². The largest absolute Gasteiger partial charge is 0.460 e. The van der Waals surface area contributed by atoms with E-state index in [1.807, 2.05) is 34.6 Å². The molecule has 0 N–H and O–H groups in total. The van der Waals surface area contributed by atoms with Gasteiger partial charge < -0.3 is 56.8 Å². The molecular formula is C64H88O32S4. The van der Waals surface area contributed by atoms with E-state index >= 15 is 0 Å². The molecule has 0 aromatic rings. The molecule has 8 saturated carbocycles. The molecule has 4 saturated heterocycles. The van der Waals surface area contributed by atoms with E-state index in [0.29, 0.717) is 25.7 Å². The smallest absolute Gasteiger partial charge is 0.333 e. The van der Waals surface area contributed by atoms with Crippen molar-refractivity contribution < 1.29 is 146 Å². The number of carbonyl (C=O) groups is 8. The zero-order chi connectivity index (χ0) is 73.7. The van der Waals surface area contributed by atoms with Gasteiger partial charge in [0.25, 0.3) is 40.5 Å². The summed E-state index contributed by atoms with van der Waals surface area (Å²) in [5.41, 5.74) is -3.18. The fourth-order valence-electron chi connectivity index (χ4n) is 17.6. The highest BCUT2D eigenvalue weighted by Crippen LogP contribution is 2.74. The molecule has 100 heavy (non-hydrogen) atoms. The average molecular weight is 1500 g/mol. The number of hydrogen-bond donors (Lipinski definition) is 0. The molecule has 0 aromatic heterocycles. The summed E-state index contributed by atoms with van der Waals surface area (Å²) in [6, 6.07) is 0. The molecule has 21 unspecified atom stereocenters. The van der Waals surface area contributed by atoms with E-state index in [4.69, 9.17) is 64.1 Å². The van der Waals surface area contributed by atoms with Crippen molar-refractivity contribution in [1.29, 1.82) is 0 Å². The Morgan fingerprint density at radius 3 is 1.48 bits per heavy atom. The van der Waals surface area contributed by atoms with Crippen molar-refractivity contribution in [2.24, 2.45) is 58.2 Å². The first-order chi connectivity index (χ1) is 46.7. The second-order valence-corrected chi connectivity index (χ2v) is 35.2. The highest BCUT2D eigenvalue weighted by molar-refractivity contribution is 7.88. The van der Waals surface area contributed by atoms with Gasteiger partial charge in [0.1, 0.15) is 109 Å². The highest BCUT2D eigenvalue weighted by atomic mass is 32.2. The minimum Gasteiger partial charge on any atom is -0.460 e. The van der Waals surface area contributed by atoms with Crippen LogP contribution in [0.25, 0.3) is 0 Å². The van der Waals surface area contributed by atoms with Crippen molar-refractivity contribution >= 4 is 88.2 Å². The third kappa shape index (κ3) is 15.0. The maximum absolute atomic E-state index is 12.4. The lowest BCUT2D eigenvalue weighted by Crippen LogP contribution is -2.60. The van der Waals surface area contributed by atoms with Crippen molar-refractivity contribution in [3.05, 3.63) is 50.1 Å². The topological polar surface area (TPSA) is 421 Å². The molecule has 0 spiro atoms. The van der Waals surface area contributed by atoms with Crippen LogP contribution in [0.15, 0.2) is 50.1 Å². The van der Waals surface area contributed by atoms with Crippen molar-refractivity contribution in [2.75, 3.05) is 79.3 Å².